The summed E-state index contributed by atoms with van der Waals surface area (Å²) in [7, 11) is 1.50. The molecule has 0 amide bonds. The first kappa shape index (κ1) is 24.5. The second-order valence-electron chi connectivity index (χ2n) is 7.64. The van der Waals surface area contributed by atoms with Crippen LogP contribution < -0.4 is 15.9 Å². The van der Waals surface area contributed by atoms with Crippen molar-refractivity contribution >= 4 is 11.4 Å². The van der Waals surface area contributed by atoms with Gasteiger partial charge in [-0.1, -0.05) is 6.07 Å². The minimum absolute atomic E-state index is 0.00113. The fraction of sp³-hybridized carbons (Fsp3) is 0.120. The SMILES string of the molecule is COc1cc(-n2cccn2)ccc1-n1ccc(=O)c(C(=Nc2cccc(C(F)(F)F)c2)C(C)=CN)n1. The summed E-state index contributed by atoms with van der Waals surface area (Å²) in [6.45, 7) is 1.59. The van der Waals surface area contributed by atoms with Crippen LogP contribution in [-0.2, 0) is 6.18 Å². The molecule has 0 aliphatic heterocycles. The summed E-state index contributed by atoms with van der Waals surface area (Å²) in [6.07, 6.45) is 1.56. The Labute approximate surface area is 203 Å². The molecule has 184 valence electrons. The van der Waals surface area contributed by atoms with E-state index in [1.54, 1.807) is 48.3 Å². The maximum absolute atomic E-state index is 13.2. The molecule has 0 spiro atoms. The van der Waals surface area contributed by atoms with Crippen LogP contribution in [0.1, 0.15) is 18.2 Å². The van der Waals surface area contributed by atoms with Crippen molar-refractivity contribution in [2.45, 2.75) is 13.1 Å². The monoisotopic (exact) mass is 494 g/mol. The third kappa shape index (κ3) is 5.04. The molecule has 8 nitrogen and oxygen atoms in total. The van der Waals surface area contributed by atoms with Gasteiger partial charge in [-0.25, -0.2) is 14.4 Å². The van der Waals surface area contributed by atoms with Gasteiger partial charge < -0.3 is 10.5 Å². The van der Waals surface area contributed by atoms with Crippen LogP contribution in [0.2, 0.25) is 0 Å². The van der Waals surface area contributed by atoms with E-state index in [-0.39, 0.29) is 17.1 Å². The van der Waals surface area contributed by atoms with Crippen molar-refractivity contribution in [1.82, 2.24) is 19.6 Å². The Kier molecular flexibility index (Phi) is 6.73. The minimum Gasteiger partial charge on any atom is -0.494 e. The zero-order valence-electron chi connectivity index (χ0n) is 19.3. The lowest BCUT2D eigenvalue weighted by molar-refractivity contribution is -0.137. The van der Waals surface area contributed by atoms with Crippen LogP contribution in [0, 0.1) is 0 Å². The Balaban J connectivity index is 1.83. The van der Waals surface area contributed by atoms with Crippen molar-refractivity contribution < 1.29 is 17.9 Å². The summed E-state index contributed by atoms with van der Waals surface area (Å²) in [5.41, 5.74) is 5.91. The van der Waals surface area contributed by atoms with E-state index < -0.39 is 17.2 Å². The molecule has 0 atom stereocenters. The van der Waals surface area contributed by atoms with E-state index in [2.05, 4.69) is 15.2 Å². The van der Waals surface area contributed by atoms with E-state index in [0.29, 0.717) is 17.0 Å². The quantitative estimate of drug-likeness (QED) is 0.400. The standard InChI is InChI=1S/C25H21F3N6O2/c1-16(15-29)23(31-18-6-3-5-17(13-18)25(26,27)28)24-21(35)9-12-34(32-24)20-8-7-19(14-22(20)36-2)33-11-4-10-30-33/h3-15H,29H2,1-2H3. The first-order valence-electron chi connectivity index (χ1n) is 10.6. The van der Waals surface area contributed by atoms with Gasteiger partial charge in [0, 0.05) is 30.7 Å². The highest BCUT2D eigenvalue weighted by Gasteiger charge is 2.30. The number of hydrogen-bond acceptors (Lipinski definition) is 6. The molecule has 0 aliphatic carbocycles. The molecule has 36 heavy (non-hydrogen) atoms. The van der Waals surface area contributed by atoms with Crippen molar-refractivity contribution in [3.8, 4) is 17.1 Å². The summed E-state index contributed by atoms with van der Waals surface area (Å²) in [4.78, 5) is 17.1. The number of hydrogen-bond donors (Lipinski definition) is 1. The number of alkyl halides is 3. The molecule has 4 rings (SSSR count). The summed E-state index contributed by atoms with van der Waals surface area (Å²) in [5, 5.41) is 8.63. The number of methoxy groups -OCH3 is 1. The van der Waals surface area contributed by atoms with Crippen LogP contribution in [-0.4, -0.2) is 32.4 Å². The number of benzene rings is 2. The Bertz CT molecular complexity index is 1500. The molecule has 0 fully saturated rings. The van der Waals surface area contributed by atoms with E-state index in [1.807, 2.05) is 0 Å². The summed E-state index contributed by atoms with van der Waals surface area (Å²) in [5.74, 6) is 0.451. The predicted octanol–water partition coefficient (Wildman–Crippen LogP) is 4.43. The third-order valence-electron chi connectivity index (χ3n) is 5.25. The molecule has 11 heteroatoms. The van der Waals surface area contributed by atoms with Crippen molar-refractivity contribution in [2.75, 3.05) is 7.11 Å². The average Bonchev–Trinajstić information content (AvgIpc) is 3.42. The zero-order valence-corrected chi connectivity index (χ0v) is 19.3. The molecule has 4 aromatic rings. The van der Waals surface area contributed by atoms with Crippen molar-refractivity contribution in [1.29, 1.82) is 0 Å². The third-order valence-corrected chi connectivity index (χ3v) is 5.25. The summed E-state index contributed by atoms with van der Waals surface area (Å²) in [6, 6.07) is 12.8. The molecule has 0 saturated heterocycles. The molecular formula is C25H21F3N6O2. The number of halogens is 3. The number of nitrogens with two attached hydrogens (primary N) is 1. The van der Waals surface area contributed by atoms with Gasteiger partial charge in [-0.05, 0) is 55.1 Å². The van der Waals surface area contributed by atoms with E-state index in [9.17, 15) is 18.0 Å². The van der Waals surface area contributed by atoms with Crippen LogP contribution in [0.4, 0.5) is 18.9 Å². The minimum atomic E-state index is -4.54. The average molecular weight is 494 g/mol. The van der Waals surface area contributed by atoms with Crippen molar-refractivity contribution in [2.24, 2.45) is 10.7 Å². The largest absolute Gasteiger partial charge is 0.494 e. The van der Waals surface area contributed by atoms with Crippen molar-refractivity contribution in [3.63, 3.8) is 0 Å². The maximum Gasteiger partial charge on any atom is 0.416 e. The molecule has 0 saturated carbocycles. The van der Waals surface area contributed by atoms with E-state index in [4.69, 9.17) is 10.5 Å². The molecule has 2 N–H and O–H groups in total. The van der Waals surface area contributed by atoms with Crippen molar-refractivity contribution in [3.05, 3.63) is 106 Å². The number of nitrogens with zero attached hydrogens (tertiary/aromatic N) is 5. The smallest absolute Gasteiger partial charge is 0.416 e. The fourth-order valence-electron chi connectivity index (χ4n) is 3.41. The predicted molar refractivity (Wildman–Crippen MR) is 129 cm³/mol. The Morgan fingerprint density at radius 2 is 1.89 bits per heavy atom. The van der Waals surface area contributed by atoms with E-state index in [1.165, 1.54) is 42.4 Å². The highest BCUT2D eigenvalue weighted by molar-refractivity contribution is 6.12. The first-order chi connectivity index (χ1) is 17.2. The molecule has 2 heterocycles. The van der Waals surface area contributed by atoms with Crippen LogP contribution >= 0.6 is 0 Å². The molecule has 0 bridgehead atoms. The summed E-state index contributed by atoms with van der Waals surface area (Å²) < 4.78 is 48.2. The lowest BCUT2D eigenvalue weighted by Gasteiger charge is -2.14. The maximum atomic E-state index is 13.2. The van der Waals surface area contributed by atoms with Gasteiger partial charge in [-0.2, -0.15) is 23.4 Å². The number of allylic oxidation sites excluding steroid dienone is 1. The van der Waals surface area contributed by atoms with Gasteiger partial charge in [0.1, 0.15) is 11.4 Å². The van der Waals surface area contributed by atoms with Crippen LogP contribution in [0.5, 0.6) is 5.75 Å². The van der Waals surface area contributed by atoms with Crippen LogP contribution in [0.15, 0.2) is 94.7 Å². The Hall–Kier alpha value is -4.67. The fourth-order valence-corrected chi connectivity index (χ4v) is 3.41. The first-order valence-corrected chi connectivity index (χ1v) is 10.6. The molecule has 0 radical (unpaired) electrons. The number of aromatic nitrogens is 4. The summed E-state index contributed by atoms with van der Waals surface area (Å²) >= 11 is 0. The zero-order chi connectivity index (χ0) is 25.9. The molecule has 0 aliphatic rings. The lowest BCUT2D eigenvalue weighted by Crippen LogP contribution is -2.22. The van der Waals surface area contributed by atoms with Gasteiger partial charge >= 0.3 is 6.18 Å². The number of rotatable bonds is 6. The molecule has 0 unspecified atom stereocenters. The molecule has 2 aromatic heterocycles. The van der Waals surface area contributed by atoms with Crippen LogP contribution in [0.3, 0.4) is 0 Å². The van der Waals surface area contributed by atoms with Gasteiger partial charge in [0.05, 0.1) is 29.8 Å². The topological polar surface area (TPSA) is 100 Å². The van der Waals surface area contributed by atoms with Gasteiger partial charge in [0.2, 0.25) is 5.43 Å². The lowest BCUT2D eigenvalue weighted by atomic mass is 10.1. The van der Waals surface area contributed by atoms with E-state index >= 15 is 0 Å². The Morgan fingerprint density at radius 3 is 2.56 bits per heavy atom. The Morgan fingerprint density at radius 1 is 1.08 bits per heavy atom. The van der Waals surface area contributed by atoms with E-state index in [0.717, 1.165) is 17.8 Å². The van der Waals surface area contributed by atoms with Crippen LogP contribution in [0.25, 0.3) is 11.4 Å². The molecule has 2 aromatic carbocycles. The second kappa shape index (κ2) is 9.90. The van der Waals surface area contributed by atoms with Gasteiger partial charge in [0.25, 0.3) is 0 Å². The molecular weight excluding hydrogens is 473 g/mol. The normalized spacial score (nSPS) is 12.6. The highest BCUT2D eigenvalue weighted by atomic mass is 19.4. The number of ether oxygens (including phenoxy) is 1. The second-order valence-corrected chi connectivity index (χ2v) is 7.64. The number of aliphatic imine (C=N–C) groups is 1. The van der Waals surface area contributed by atoms with Gasteiger partial charge in [-0.15, -0.1) is 0 Å². The van der Waals surface area contributed by atoms with Gasteiger partial charge in [-0.3, -0.25) is 4.79 Å². The van der Waals surface area contributed by atoms with Gasteiger partial charge in [0.15, 0.2) is 5.69 Å². The highest BCUT2D eigenvalue weighted by Crippen LogP contribution is 2.32.